The van der Waals surface area contributed by atoms with Crippen molar-refractivity contribution in [1.82, 2.24) is 0 Å². The van der Waals surface area contributed by atoms with E-state index in [9.17, 15) is 0 Å². The van der Waals surface area contributed by atoms with Gasteiger partial charge in [-0.2, -0.15) is 0 Å². The normalized spacial score (nSPS) is 14.8. The zero-order valence-corrected chi connectivity index (χ0v) is 19.5. The topological polar surface area (TPSA) is 9.23 Å². The minimum absolute atomic E-state index is 0. The first-order valence-electron chi connectivity index (χ1n) is 9.19. The van der Waals surface area contributed by atoms with Gasteiger partial charge in [-0.05, 0) is 0 Å². The number of fused-ring (bicyclic) bond motifs is 2. The predicted octanol–water partition coefficient (Wildman–Crippen LogP) is -0.308. The molecule has 0 fully saturated rings. The Morgan fingerprint density at radius 1 is 0.857 bits per heavy atom. The Morgan fingerprint density at radius 3 is 2.36 bits per heavy atom. The molecule has 0 radical (unpaired) electrons. The molecule has 0 spiro atoms. The number of rotatable bonds is 4. The Kier molecular flexibility index (Phi) is 7.96. The molecule has 1 unspecified atom stereocenters. The van der Waals surface area contributed by atoms with Crippen LogP contribution in [0.25, 0.3) is 16.8 Å². The van der Waals surface area contributed by atoms with E-state index in [0.717, 1.165) is 6.61 Å². The Balaban J connectivity index is 0.00000140. The van der Waals surface area contributed by atoms with Crippen LogP contribution in [-0.2, 0) is 22.9 Å². The van der Waals surface area contributed by atoms with Crippen molar-refractivity contribution in [3.8, 4) is 0 Å². The fourth-order valence-corrected chi connectivity index (χ4v) is 5.61. The van der Waals surface area contributed by atoms with Gasteiger partial charge >= 0.3 is 166 Å². The molecule has 0 heterocycles. The van der Waals surface area contributed by atoms with Crippen molar-refractivity contribution < 1.29 is 47.7 Å². The molecule has 4 heteroatoms. The molecule has 1 atom stereocenters. The van der Waals surface area contributed by atoms with Crippen molar-refractivity contribution in [3.05, 3.63) is 83.4 Å². The third kappa shape index (κ3) is 4.90. The van der Waals surface area contributed by atoms with Crippen molar-refractivity contribution in [3.63, 3.8) is 0 Å². The first-order chi connectivity index (χ1) is 12.5. The second-order valence-electron chi connectivity index (χ2n) is 8.17. The summed E-state index contributed by atoms with van der Waals surface area (Å²) in [6, 6.07) is 22.0. The van der Waals surface area contributed by atoms with Gasteiger partial charge in [-0.15, -0.1) is 0 Å². The second-order valence-corrected chi connectivity index (χ2v) is 9.72. The molecule has 1 aliphatic carbocycles. The van der Waals surface area contributed by atoms with Gasteiger partial charge in [0.05, 0.1) is 0 Å². The van der Waals surface area contributed by atoms with Gasteiger partial charge in [-0.3, -0.25) is 0 Å². The van der Waals surface area contributed by atoms with Crippen LogP contribution in [0.4, 0.5) is 0 Å². The summed E-state index contributed by atoms with van der Waals surface area (Å²) >= 11 is -0.663. The maximum Gasteiger partial charge on any atom is -1.00 e. The van der Waals surface area contributed by atoms with Crippen LogP contribution in [0.5, 0.6) is 0 Å². The van der Waals surface area contributed by atoms with Gasteiger partial charge in [-0.1, -0.05) is 0 Å². The van der Waals surface area contributed by atoms with E-state index >= 15 is 0 Å². The minimum atomic E-state index is -0.663. The number of hydrogen-bond donors (Lipinski definition) is 0. The first-order valence-corrected chi connectivity index (χ1v) is 10.6. The van der Waals surface area contributed by atoms with Crippen molar-refractivity contribution in [1.29, 1.82) is 0 Å². The fraction of sp³-hybridized carbons (Fsp3) is 0.250. The smallest absolute Gasteiger partial charge is 1.00 e. The molecule has 28 heavy (non-hydrogen) atoms. The van der Waals surface area contributed by atoms with Crippen LogP contribution in [0, 0.1) is 5.41 Å². The maximum absolute atomic E-state index is 6.28. The van der Waals surface area contributed by atoms with E-state index < -0.39 is 19.5 Å². The quantitative estimate of drug-likeness (QED) is 0.499. The molecule has 3 aromatic carbocycles. The Morgan fingerprint density at radius 2 is 1.57 bits per heavy atom. The van der Waals surface area contributed by atoms with Crippen molar-refractivity contribution >= 4 is 20.7 Å². The first kappa shape index (κ1) is 23.2. The van der Waals surface area contributed by atoms with Gasteiger partial charge in [0.15, 0.2) is 0 Å². The molecule has 0 N–H and O–H groups in total. The fourth-order valence-electron chi connectivity index (χ4n) is 3.51. The molecule has 1 aliphatic rings. The SMILES string of the molecule is CC(C)(C)C[O][Ti+2][c]1c(C2C=Cc3ccccc32)ccc2ccccc12.[Cl-].[Cl-]. The molecule has 1 nitrogen and oxygen atoms in total. The average molecular weight is 447 g/mol. The van der Waals surface area contributed by atoms with Crippen LogP contribution >= 0.6 is 0 Å². The summed E-state index contributed by atoms with van der Waals surface area (Å²) in [5, 5.41) is 2.67. The summed E-state index contributed by atoms with van der Waals surface area (Å²) < 4.78 is 7.72. The van der Waals surface area contributed by atoms with Crippen molar-refractivity contribution in [2.45, 2.75) is 26.7 Å². The van der Waals surface area contributed by atoms with E-state index in [-0.39, 0.29) is 30.2 Å². The zero-order chi connectivity index (χ0) is 18.1. The van der Waals surface area contributed by atoms with Gasteiger partial charge in [0, 0.05) is 0 Å². The van der Waals surface area contributed by atoms with Crippen LogP contribution in [0.3, 0.4) is 0 Å². The van der Waals surface area contributed by atoms with E-state index in [1.807, 2.05) is 0 Å². The van der Waals surface area contributed by atoms with Crippen LogP contribution < -0.4 is 28.7 Å². The Hall–Kier alpha value is -1.09. The molecule has 144 valence electrons. The predicted molar refractivity (Wildman–Crippen MR) is 106 cm³/mol. The van der Waals surface area contributed by atoms with Crippen molar-refractivity contribution in [2.75, 3.05) is 6.61 Å². The number of halogens is 2. The Bertz CT molecular complexity index is 976. The monoisotopic (exact) mass is 446 g/mol. The number of benzene rings is 3. The molecule has 3 aromatic rings. The molecule has 0 bridgehead atoms. The van der Waals surface area contributed by atoms with Crippen LogP contribution in [0.2, 0.25) is 0 Å². The van der Waals surface area contributed by atoms with E-state index in [1.54, 1.807) is 0 Å². The van der Waals surface area contributed by atoms with E-state index in [2.05, 4.69) is 93.6 Å². The summed E-state index contributed by atoms with van der Waals surface area (Å²) in [7, 11) is 0. The van der Waals surface area contributed by atoms with Crippen molar-refractivity contribution in [2.24, 2.45) is 5.41 Å². The summed E-state index contributed by atoms with van der Waals surface area (Å²) in [6.07, 6.45) is 4.60. The molecule has 0 amide bonds. The van der Waals surface area contributed by atoms with Gasteiger partial charge < -0.3 is 24.8 Å². The summed E-state index contributed by atoms with van der Waals surface area (Å²) in [5.74, 6) is 0.341. The molecule has 0 aliphatic heterocycles. The molecule has 4 rings (SSSR count). The zero-order valence-electron chi connectivity index (χ0n) is 16.4. The number of allylic oxidation sites excluding steroid dienone is 1. The second kappa shape index (κ2) is 9.61. The summed E-state index contributed by atoms with van der Waals surface area (Å²) in [4.78, 5) is 0. The third-order valence-corrected chi connectivity index (χ3v) is 6.42. The molecule has 0 saturated heterocycles. The molecule has 0 saturated carbocycles. The molecule has 0 aromatic heterocycles. The minimum Gasteiger partial charge on any atom is -1.00 e. The average Bonchev–Trinajstić information content (AvgIpc) is 3.05. The van der Waals surface area contributed by atoms with Crippen LogP contribution in [0.1, 0.15) is 43.4 Å². The van der Waals surface area contributed by atoms with E-state index in [0.29, 0.717) is 5.92 Å². The molecular formula is C24H24Cl2OTi. The van der Waals surface area contributed by atoms with Gasteiger partial charge in [0.1, 0.15) is 0 Å². The van der Waals surface area contributed by atoms with Crippen LogP contribution in [0.15, 0.2) is 66.7 Å². The van der Waals surface area contributed by atoms with Crippen LogP contribution in [-0.4, -0.2) is 6.61 Å². The van der Waals surface area contributed by atoms with Gasteiger partial charge in [-0.25, -0.2) is 0 Å². The Labute approximate surface area is 189 Å². The summed E-state index contributed by atoms with van der Waals surface area (Å²) in [5.41, 5.74) is 4.37. The standard InChI is InChI=1S/C19H13.C5H11O.2ClH.Ti/c1-2-7-16-13-17(10-9-14(16)5-1)19-12-11-15-6-3-4-8-18(15)19;1-5(2,3)4-6;;;/h1-12,19H;4H2,1-3H3;2*1H;/q;-1;;;+3/p-2. The molecular weight excluding hydrogens is 423 g/mol. The number of hydrogen-bond acceptors (Lipinski definition) is 1. The van der Waals surface area contributed by atoms with E-state index in [4.69, 9.17) is 3.32 Å². The van der Waals surface area contributed by atoms with E-state index in [1.165, 1.54) is 31.3 Å². The largest absolute Gasteiger partial charge is 1.00 e. The maximum atomic E-state index is 6.28. The third-order valence-electron chi connectivity index (χ3n) is 4.78. The summed E-state index contributed by atoms with van der Waals surface area (Å²) in [6.45, 7) is 7.52. The van der Waals surface area contributed by atoms with Gasteiger partial charge in [0.25, 0.3) is 0 Å². The van der Waals surface area contributed by atoms with Gasteiger partial charge in [0.2, 0.25) is 0 Å².